The maximum absolute atomic E-state index is 12.7. The number of ketones is 1. The lowest BCUT2D eigenvalue weighted by atomic mass is 9.80. The second-order valence-electron chi connectivity index (χ2n) is 9.91. The summed E-state index contributed by atoms with van der Waals surface area (Å²) in [5.41, 5.74) is 0.988. The third kappa shape index (κ3) is 6.67. The van der Waals surface area contributed by atoms with Gasteiger partial charge in [-0.3, -0.25) is 4.79 Å². The van der Waals surface area contributed by atoms with E-state index in [2.05, 4.69) is 13.0 Å². The number of ether oxygens (including phenoxy) is 2. The highest BCUT2D eigenvalue weighted by Gasteiger charge is 2.30. The highest BCUT2D eigenvalue weighted by atomic mass is 16.5. The van der Waals surface area contributed by atoms with Crippen LogP contribution < -0.4 is 9.47 Å². The maximum atomic E-state index is 12.7. The van der Waals surface area contributed by atoms with Crippen molar-refractivity contribution in [3.05, 3.63) is 77.9 Å². The molecule has 190 valence electrons. The average Bonchev–Trinajstić information content (AvgIpc) is 2.87. The lowest BCUT2D eigenvalue weighted by molar-refractivity contribution is -0.122. The Morgan fingerprint density at radius 1 is 1.03 bits per heavy atom. The summed E-state index contributed by atoms with van der Waals surface area (Å²) >= 11 is 0. The Hall–Kier alpha value is -3.31. The van der Waals surface area contributed by atoms with E-state index in [1.165, 1.54) is 0 Å². The van der Waals surface area contributed by atoms with Crippen LogP contribution >= 0.6 is 0 Å². The molecule has 0 spiro atoms. The van der Waals surface area contributed by atoms with E-state index in [-0.39, 0.29) is 18.0 Å². The predicted molar refractivity (Wildman–Crippen MR) is 143 cm³/mol. The van der Waals surface area contributed by atoms with Crippen molar-refractivity contribution < 1.29 is 24.5 Å². The van der Waals surface area contributed by atoms with Crippen molar-refractivity contribution in [2.24, 2.45) is 5.92 Å². The number of carbonyl (C=O) groups excluding carboxylic acids is 1. The lowest BCUT2D eigenvalue weighted by Crippen LogP contribution is -2.32. The molecule has 0 saturated carbocycles. The third-order valence-electron chi connectivity index (χ3n) is 6.99. The van der Waals surface area contributed by atoms with E-state index in [0.29, 0.717) is 43.3 Å². The highest BCUT2D eigenvalue weighted by Crippen LogP contribution is 2.32. The molecule has 2 N–H and O–H groups in total. The van der Waals surface area contributed by atoms with Gasteiger partial charge in [0.2, 0.25) is 0 Å². The fourth-order valence-electron chi connectivity index (χ4n) is 4.93. The largest absolute Gasteiger partial charge is 0.508 e. The summed E-state index contributed by atoms with van der Waals surface area (Å²) in [4.78, 5) is 12.7. The van der Waals surface area contributed by atoms with Gasteiger partial charge in [-0.2, -0.15) is 0 Å². The Morgan fingerprint density at radius 2 is 1.81 bits per heavy atom. The van der Waals surface area contributed by atoms with Gasteiger partial charge in [0.15, 0.2) is 11.5 Å². The van der Waals surface area contributed by atoms with Crippen molar-refractivity contribution >= 4 is 16.6 Å². The first-order valence-electron chi connectivity index (χ1n) is 12.8. The summed E-state index contributed by atoms with van der Waals surface area (Å²) < 4.78 is 11.6. The Bertz CT molecular complexity index is 1230. The Balaban J connectivity index is 1.35. The maximum Gasteiger partial charge on any atom is 0.161 e. The average molecular weight is 489 g/mol. The molecule has 4 rings (SSSR count). The van der Waals surface area contributed by atoms with Crippen LogP contribution in [-0.2, 0) is 17.8 Å². The van der Waals surface area contributed by atoms with Crippen LogP contribution in [0.2, 0.25) is 0 Å². The van der Waals surface area contributed by atoms with Gasteiger partial charge in [-0.1, -0.05) is 49.8 Å². The minimum atomic E-state index is -1.01. The van der Waals surface area contributed by atoms with E-state index in [9.17, 15) is 15.0 Å². The van der Waals surface area contributed by atoms with Gasteiger partial charge in [-0.05, 0) is 83.8 Å². The van der Waals surface area contributed by atoms with Crippen LogP contribution in [0, 0.1) is 5.92 Å². The molecule has 3 aromatic rings. The fourth-order valence-corrected chi connectivity index (χ4v) is 4.93. The van der Waals surface area contributed by atoms with Crippen molar-refractivity contribution in [2.45, 2.75) is 64.1 Å². The first kappa shape index (κ1) is 25.8. The quantitative estimate of drug-likeness (QED) is 0.300. The molecule has 1 aliphatic carbocycles. The molecule has 0 saturated heterocycles. The van der Waals surface area contributed by atoms with Crippen molar-refractivity contribution in [1.82, 2.24) is 0 Å². The number of benzene rings is 3. The van der Waals surface area contributed by atoms with Crippen LogP contribution in [0.3, 0.4) is 0 Å². The van der Waals surface area contributed by atoms with Crippen LogP contribution in [0.4, 0.5) is 0 Å². The van der Waals surface area contributed by atoms with Crippen LogP contribution in [0.25, 0.3) is 10.8 Å². The normalized spacial score (nSPS) is 19.4. The van der Waals surface area contributed by atoms with Crippen molar-refractivity contribution in [1.29, 1.82) is 0 Å². The zero-order valence-corrected chi connectivity index (χ0v) is 21.2. The lowest BCUT2D eigenvalue weighted by Gasteiger charge is -2.30. The van der Waals surface area contributed by atoms with E-state index in [0.717, 1.165) is 41.2 Å². The third-order valence-corrected chi connectivity index (χ3v) is 6.99. The molecule has 1 aliphatic rings. The number of fused-ring (bicyclic) bond motifs is 1. The van der Waals surface area contributed by atoms with Gasteiger partial charge in [0.1, 0.15) is 18.1 Å². The molecule has 5 nitrogen and oxygen atoms in total. The fraction of sp³-hybridized carbons (Fsp3) is 0.387. The summed E-state index contributed by atoms with van der Waals surface area (Å²) in [7, 11) is 1.61. The number of hydrogen-bond donors (Lipinski definition) is 2. The number of aryl methyl sites for hydroxylation is 1. The summed E-state index contributed by atoms with van der Waals surface area (Å²) in [5, 5.41) is 22.5. The zero-order chi connectivity index (χ0) is 25.5. The molecule has 0 unspecified atom stereocenters. The van der Waals surface area contributed by atoms with Crippen LogP contribution in [-0.4, -0.2) is 28.7 Å². The molecule has 3 aromatic carbocycles. The van der Waals surface area contributed by atoms with Gasteiger partial charge < -0.3 is 19.7 Å². The number of methoxy groups -OCH3 is 1. The van der Waals surface area contributed by atoms with Gasteiger partial charge in [0.25, 0.3) is 0 Å². The number of hydrogen-bond acceptors (Lipinski definition) is 5. The molecule has 2 atom stereocenters. The number of phenolic OH excluding ortho intramolecular Hbond substituents is 1. The van der Waals surface area contributed by atoms with Crippen molar-refractivity contribution in [3.8, 4) is 17.2 Å². The topological polar surface area (TPSA) is 76.0 Å². The summed E-state index contributed by atoms with van der Waals surface area (Å²) in [6.45, 7) is 2.54. The molecular weight excluding hydrogens is 452 g/mol. The first-order valence-corrected chi connectivity index (χ1v) is 12.8. The van der Waals surface area contributed by atoms with Gasteiger partial charge in [-0.15, -0.1) is 0 Å². The number of carbonyl (C=O) groups is 1. The molecule has 0 fully saturated rings. The minimum absolute atomic E-state index is 0.0663. The Labute approximate surface area is 213 Å². The molecule has 0 amide bonds. The summed E-state index contributed by atoms with van der Waals surface area (Å²) in [6, 6.07) is 17.0. The SMILES string of the molecule is CCC[C@H]1C=C[C@@](O)(CC(=O)CCc2ccc(OC)c(OCc3ccc4cc(O)ccc4c3)c2)CC1. The van der Waals surface area contributed by atoms with Gasteiger partial charge in [0, 0.05) is 12.8 Å². The van der Waals surface area contributed by atoms with Crippen LogP contribution in [0.5, 0.6) is 17.2 Å². The van der Waals surface area contributed by atoms with E-state index >= 15 is 0 Å². The van der Waals surface area contributed by atoms with Crippen molar-refractivity contribution in [2.75, 3.05) is 7.11 Å². The van der Waals surface area contributed by atoms with Gasteiger partial charge in [0.05, 0.1) is 12.7 Å². The molecular formula is C31H36O5. The second-order valence-corrected chi connectivity index (χ2v) is 9.91. The highest BCUT2D eigenvalue weighted by molar-refractivity contribution is 5.84. The number of aromatic hydroxyl groups is 1. The summed E-state index contributed by atoms with van der Waals surface area (Å²) in [5.74, 6) is 2.10. The van der Waals surface area contributed by atoms with E-state index in [1.54, 1.807) is 19.2 Å². The zero-order valence-electron chi connectivity index (χ0n) is 21.2. The molecule has 36 heavy (non-hydrogen) atoms. The summed E-state index contributed by atoms with van der Waals surface area (Å²) in [6.07, 6.45) is 8.91. The second kappa shape index (κ2) is 11.6. The number of aliphatic hydroxyl groups is 1. The standard InChI is InChI=1S/C31H36O5/c1-3-4-22-13-15-31(34,16-14-22)20-28(33)10-6-23-7-12-29(35-2)30(18-23)36-21-24-5-8-26-19-27(32)11-9-25(26)17-24/h5,7-9,11-13,15,17-19,22,32,34H,3-4,6,10,14,16,20-21H2,1-2H3/t22-,31-/m0/s1. The minimum Gasteiger partial charge on any atom is -0.508 e. The van der Waals surface area contributed by atoms with Gasteiger partial charge in [-0.25, -0.2) is 0 Å². The Morgan fingerprint density at radius 3 is 2.56 bits per heavy atom. The molecule has 0 aromatic heterocycles. The number of Topliss-reactive ketones (excluding diaryl/α,β-unsaturated/α-hetero) is 1. The molecule has 0 bridgehead atoms. The van der Waals surface area contributed by atoms with Crippen LogP contribution in [0.15, 0.2) is 66.7 Å². The molecule has 0 heterocycles. The number of rotatable bonds is 11. The smallest absolute Gasteiger partial charge is 0.161 e. The number of phenols is 1. The monoisotopic (exact) mass is 488 g/mol. The van der Waals surface area contributed by atoms with Crippen molar-refractivity contribution in [3.63, 3.8) is 0 Å². The Kier molecular flexibility index (Phi) is 8.32. The van der Waals surface area contributed by atoms with E-state index in [4.69, 9.17) is 9.47 Å². The van der Waals surface area contributed by atoms with E-state index in [1.807, 2.05) is 48.5 Å². The molecule has 0 aliphatic heterocycles. The molecule has 5 heteroatoms. The molecule has 0 radical (unpaired) electrons. The predicted octanol–water partition coefficient (Wildman–Crippen LogP) is 6.52. The van der Waals surface area contributed by atoms with Crippen LogP contribution in [0.1, 0.15) is 56.6 Å². The first-order chi connectivity index (χ1) is 17.4. The van der Waals surface area contributed by atoms with Gasteiger partial charge >= 0.3 is 0 Å². The van der Waals surface area contributed by atoms with E-state index < -0.39 is 5.60 Å². The number of allylic oxidation sites excluding steroid dienone is 1.